The van der Waals surface area contributed by atoms with Gasteiger partial charge in [-0.05, 0) is 17.5 Å². The molecule has 0 aliphatic heterocycles. The first kappa shape index (κ1) is 17.3. The number of nitrogens with zero attached hydrogens (tertiary/aromatic N) is 5. The molecule has 0 N–H and O–H groups in total. The molecule has 0 amide bonds. The quantitative estimate of drug-likeness (QED) is 0.444. The van der Waals surface area contributed by atoms with Gasteiger partial charge in [-0.25, -0.2) is 0 Å². The van der Waals surface area contributed by atoms with Crippen LogP contribution in [0.15, 0.2) is 38.8 Å². The molecule has 0 bridgehead atoms. The second-order valence-electron chi connectivity index (χ2n) is 5.07. The fourth-order valence-electron chi connectivity index (χ4n) is 2.13. The summed E-state index contributed by atoms with van der Waals surface area (Å²) < 4.78 is 45.3. The van der Waals surface area contributed by atoms with Crippen LogP contribution in [-0.4, -0.2) is 24.7 Å². The van der Waals surface area contributed by atoms with Crippen LogP contribution in [0, 0.1) is 0 Å². The first-order valence-corrected chi connectivity index (χ1v) is 9.32. The van der Waals surface area contributed by atoms with Gasteiger partial charge in [-0.3, -0.25) is 4.40 Å². The molecule has 4 aromatic heterocycles. The normalized spacial score (nSPS) is 12.2. The maximum Gasteiger partial charge on any atom is 0.417 e. The Labute approximate surface area is 157 Å². The Morgan fingerprint density at radius 3 is 2.88 bits per heavy atom. The SMILES string of the molecule is FC(F)(F)c1cc(Cl)c2nnc(SCc3noc(-c4ccsc4)n3)n2c1. The van der Waals surface area contributed by atoms with Crippen LogP contribution in [0.2, 0.25) is 5.02 Å². The summed E-state index contributed by atoms with van der Waals surface area (Å²) >= 11 is 8.52. The van der Waals surface area contributed by atoms with Gasteiger partial charge in [-0.15, -0.1) is 10.2 Å². The molecule has 0 aliphatic carbocycles. The highest BCUT2D eigenvalue weighted by molar-refractivity contribution is 7.98. The smallest absolute Gasteiger partial charge is 0.334 e. The van der Waals surface area contributed by atoms with Gasteiger partial charge in [0.05, 0.1) is 21.9 Å². The van der Waals surface area contributed by atoms with Crippen molar-refractivity contribution in [1.82, 2.24) is 24.7 Å². The first-order valence-electron chi connectivity index (χ1n) is 7.01. The van der Waals surface area contributed by atoms with E-state index in [0.717, 1.165) is 29.6 Å². The third-order valence-electron chi connectivity index (χ3n) is 3.32. The third-order valence-corrected chi connectivity index (χ3v) is 5.22. The molecule has 0 saturated carbocycles. The maximum absolute atomic E-state index is 13.0. The van der Waals surface area contributed by atoms with Gasteiger partial charge in [0.2, 0.25) is 0 Å². The lowest BCUT2D eigenvalue weighted by Gasteiger charge is -2.08. The molecule has 12 heteroatoms. The molecule has 0 atom stereocenters. The molecule has 4 rings (SSSR count). The van der Waals surface area contributed by atoms with Crippen LogP contribution < -0.4 is 0 Å². The fourth-order valence-corrected chi connectivity index (χ4v) is 3.76. The lowest BCUT2D eigenvalue weighted by molar-refractivity contribution is -0.137. The third kappa shape index (κ3) is 3.29. The Bertz CT molecular complexity index is 1060. The van der Waals surface area contributed by atoms with Crippen molar-refractivity contribution < 1.29 is 17.7 Å². The van der Waals surface area contributed by atoms with E-state index in [1.54, 1.807) is 0 Å². The standard InChI is InChI=1S/C14H7ClF3N5OS2/c15-9-3-8(14(16,17)18)4-23-11(9)20-21-13(23)26-6-10-19-12(24-22-10)7-1-2-25-5-7/h1-5H,6H2. The fraction of sp³-hybridized carbons (Fsp3) is 0.143. The molecule has 6 nitrogen and oxygen atoms in total. The molecular weight excluding hydrogens is 411 g/mol. The van der Waals surface area contributed by atoms with E-state index >= 15 is 0 Å². The van der Waals surface area contributed by atoms with Crippen molar-refractivity contribution in [3.63, 3.8) is 0 Å². The molecule has 0 unspecified atom stereocenters. The Morgan fingerprint density at radius 2 is 2.15 bits per heavy atom. The number of hydrogen-bond donors (Lipinski definition) is 0. The number of rotatable bonds is 4. The average molecular weight is 418 g/mol. The minimum Gasteiger partial charge on any atom is -0.334 e. The number of thiophene rings is 1. The topological polar surface area (TPSA) is 69.1 Å². The van der Waals surface area contributed by atoms with Crippen molar-refractivity contribution >= 4 is 40.3 Å². The summed E-state index contributed by atoms with van der Waals surface area (Å²) in [6.45, 7) is 0. The van der Waals surface area contributed by atoms with E-state index < -0.39 is 11.7 Å². The van der Waals surface area contributed by atoms with E-state index in [0.29, 0.717) is 11.7 Å². The van der Waals surface area contributed by atoms with Gasteiger partial charge >= 0.3 is 6.18 Å². The van der Waals surface area contributed by atoms with Crippen molar-refractivity contribution in [3.05, 3.63) is 45.5 Å². The molecule has 134 valence electrons. The van der Waals surface area contributed by atoms with Crippen LogP contribution in [0.5, 0.6) is 0 Å². The van der Waals surface area contributed by atoms with Gasteiger partial charge < -0.3 is 4.52 Å². The van der Waals surface area contributed by atoms with Crippen LogP contribution in [0.3, 0.4) is 0 Å². The van der Waals surface area contributed by atoms with Crippen molar-refractivity contribution in [3.8, 4) is 11.5 Å². The van der Waals surface area contributed by atoms with E-state index in [9.17, 15) is 13.2 Å². The lowest BCUT2D eigenvalue weighted by Crippen LogP contribution is -2.07. The molecule has 26 heavy (non-hydrogen) atoms. The van der Waals surface area contributed by atoms with Crippen molar-refractivity contribution in [2.75, 3.05) is 0 Å². The second kappa shape index (κ2) is 6.56. The van der Waals surface area contributed by atoms with E-state index in [-0.39, 0.29) is 21.6 Å². The van der Waals surface area contributed by atoms with Crippen LogP contribution in [0.4, 0.5) is 13.2 Å². The molecule has 0 spiro atoms. The van der Waals surface area contributed by atoms with Crippen molar-refractivity contribution in [2.45, 2.75) is 17.1 Å². The second-order valence-corrected chi connectivity index (χ2v) is 7.20. The lowest BCUT2D eigenvalue weighted by atomic mass is 10.3. The Kier molecular flexibility index (Phi) is 4.37. The van der Waals surface area contributed by atoms with Crippen LogP contribution >= 0.6 is 34.7 Å². The van der Waals surface area contributed by atoms with Gasteiger partial charge in [0.25, 0.3) is 5.89 Å². The molecule has 0 fully saturated rings. The number of halogens is 4. The van der Waals surface area contributed by atoms with Crippen LogP contribution in [0.25, 0.3) is 17.1 Å². The summed E-state index contributed by atoms with van der Waals surface area (Å²) in [5.74, 6) is 1.03. The summed E-state index contributed by atoms with van der Waals surface area (Å²) in [5, 5.41) is 15.5. The highest BCUT2D eigenvalue weighted by Gasteiger charge is 2.32. The number of fused-ring (bicyclic) bond motifs is 1. The average Bonchev–Trinajstić information content (AvgIpc) is 3.32. The first-order chi connectivity index (χ1) is 12.4. The van der Waals surface area contributed by atoms with Crippen LogP contribution in [-0.2, 0) is 11.9 Å². The predicted octanol–water partition coefficient (Wildman–Crippen LogP) is 4.81. The molecule has 0 aromatic carbocycles. The molecular formula is C14H7ClF3N5OS2. The van der Waals surface area contributed by atoms with Gasteiger partial charge in [0.15, 0.2) is 16.6 Å². The van der Waals surface area contributed by atoms with Gasteiger partial charge in [-0.2, -0.15) is 29.5 Å². The molecule has 0 radical (unpaired) electrons. The minimum atomic E-state index is -4.52. The number of aromatic nitrogens is 5. The largest absolute Gasteiger partial charge is 0.417 e. The molecule has 4 heterocycles. The van der Waals surface area contributed by atoms with E-state index in [1.165, 1.54) is 15.7 Å². The minimum absolute atomic E-state index is 0.126. The summed E-state index contributed by atoms with van der Waals surface area (Å²) in [7, 11) is 0. The number of pyridine rings is 1. The summed E-state index contributed by atoms with van der Waals surface area (Å²) in [5.41, 5.74) is 0.0819. The monoisotopic (exact) mass is 417 g/mol. The molecule has 4 aromatic rings. The van der Waals surface area contributed by atoms with Crippen molar-refractivity contribution in [2.24, 2.45) is 0 Å². The molecule has 0 saturated heterocycles. The highest BCUT2D eigenvalue weighted by Crippen LogP contribution is 2.33. The highest BCUT2D eigenvalue weighted by atomic mass is 35.5. The Morgan fingerprint density at radius 1 is 1.31 bits per heavy atom. The number of alkyl halides is 3. The number of hydrogen-bond acceptors (Lipinski definition) is 7. The van der Waals surface area contributed by atoms with Gasteiger partial charge in [0.1, 0.15) is 0 Å². The van der Waals surface area contributed by atoms with Gasteiger partial charge in [-0.1, -0.05) is 28.5 Å². The number of thioether (sulfide) groups is 1. The predicted molar refractivity (Wildman–Crippen MR) is 90.2 cm³/mol. The zero-order valence-corrected chi connectivity index (χ0v) is 15.0. The summed E-state index contributed by atoms with van der Waals surface area (Å²) in [4.78, 5) is 4.25. The maximum atomic E-state index is 13.0. The van der Waals surface area contributed by atoms with E-state index in [4.69, 9.17) is 16.1 Å². The Hall–Kier alpha value is -2.11. The molecule has 0 aliphatic rings. The van der Waals surface area contributed by atoms with Gasteiger partial charge in [0, 0.05) is 11.6 Å². The van der Waals surface area contributed by atoms with E-state index in [1.807, 2.05) is 16.8 Å². The van der Waals surface area contributed by atoms with Crippen molar-refractivity contribution in [1.29, 1.82) is 0 Å². The summed E-state index contributed by atoms with van der Waals surface area (Å²) in [6.07, 6.45) is -3.61. The zero-order valence-electron chi connectivity index (χ0n) is 12.6. The van der Waals surface area contributed by atoms with Crippen LogP contribution in [0.1, 0.15) is 11.4 Å². The Balaban J connectivity index is 1.59. The van der Waals surface area contributed by atoms with E-state index in [2.05, 4.69) is 20.3 Å². The zero-order chi connectivity index (χ0) is 18.3. The summed E-state index contributed by atoms with van der Waals surface area (Å²) in [6, 6.07) is 2.67.